The van der Waals surface area contributed by atoms with Gasteiger partial charge in [0, 0.05) is 54.5 Å². The van der Waals surface area contributed by atoms with Crippen LogP contribution >= 0.6 is 0 Å². The Balaban J connectivity index is 1.25. The normalized spacial score (nSPS) is 27.2. The summed E-state index contributed by atoms with van der Waals surface area (Å²) in [6.07, 6.45) is 0.395. The number of halogens is 1. The third-order valence-corrected chi connectivity index (χ3v) is 6.83. The molecule has 0 radical (unpaired) electrons. The highest BCUT2D eigenvalue weighted by Crippen LogP contribution is 2.36. The van der Waals surface area contributed by atoms with Gasteiger partial charge in [0.1, 0.15) is 11.6 Å². The number of morpholine rings is 1. The minimum absolute atomic E-state index is 0.0946. The summed E-state index contributed by atoms with van der Waals surface area (Å²) >= 11 is 0. The maximum absolute atomic E-state index is 14.6. The molecule has 3 aliphatic heterocycles. The van der Waals surface area contributed by atoms with E-state index in [0.29, 0.717) is 29.8 Å². The molecule has 9 heteroatoms. The van der Waals surface area contributed by atoms with Crippen molar-refractivity contribution in [3.8, 4) is 5.75 Å². The van der Waals surface area contributed by atoms with Crippen molar-refractivity contribution in [3.63, 3.8) is 0 Å². The van der Waals surface area contributed by atoms with Crippen LogP contribution in [0.5, 0.6) is 5.75 Å². The van der Waals surface area contributed by atoms with E-state index in [1.807, 2.05) is 24.3 Å². The summed E-state index contributed by atoms with van der Waals surface area (Å²) in [7, 11) is 1.55. The van der Waals surface area contributed by atoms with Gasteiger partial charge in [-0.05, 0) is 42.8 Å². The molecule has 3 fully saturated rings. The molecule has 3 aliphatic rings. The maximum atomic E-state index is 14.6. The minimum Gasteiger partial charge on any atom is -0.496 e. The lowest BCUT2D eigenvalue weighted by molar-refractivity contribution is 0.0913. The van der Waals surface area contributed by atoms with E-state index in [4.69, 9.17) is 9.47 Å². The van der Waals surface area contributed by atoms with E-state index in [-0.39, 0.29) is 35.9 Å². The van der Waals surface area contributed by atoms with Gasteiger partial charge in [0.05, 0.1) is 26.5 Å². The van der Waals surface area contributed by atoms with Crippen LogP contribution in [0.15, 0.2) is 42.5 Å². The molecule has 0 saturated carbocycles. The maximum Gasteiger partial charge on any atom is 0.252 e. The van der Waals surface area contributed by atoms with Crippen LogP contribution in [0.25, 0.3) is 0 Å². The zero-order valence-corrected chi connectivity index (χ0v) is 18.6. The molecular formula is C24H30FN5O3. The molecule has 1 amide bonds. The summed E-state index contributed by atoms with van der Waals surface area (Å²) in [4.78, 5) is 15.2. The highest BCUT2D eigenvalue weighted by atomic mass is 19.1. The Labute approximate surface area is 192 Å². The van der Waals surface area contributed by atoms with Gasteiger partial charge >= 0.3 is 0 Å². The van der Waals surface area contributed by atoms with Gasteiger partial charge < -0.3 is 25.0 Å². The molecule has 5 rings (SSSR count). The van der Waals surface area contributed by atoms with Crippen LogP contribution in [-0.2, 0) is 4.74 Å². The lowest BCUT2D eigenvalue weighted by Gasteiger charge is -2.35. The molecule has 3 saturated heterocycles. The Morgan fingerprint density at radius 1 is 1.15 bits per heavy atom. The molecule has 0 bridgehead atoms. The number of nitrogens with one attached hydrogen (secondary N) is 4. The van der Waals surface area contributed by atoms with Crippen molar-refractivity contribution in [1.82, 2.24) is 21.5 Å². The Bertz CT molecular complexity index is 983. The van der Waals surface area contributed by atoms with Crippen molar-refractivity contribution < 1.29 is 18.7 Å². The molecule has 0 aliphatic carbocycles. The smallest absolute Gasteiger partial charge is 0.252 e. The van der Waals surface area contributed by atoms with Crippen LogP contribution in [0.1, 0.15) is 28.4 Å². The molecule has 4 unspecified atom stereocenters. The van der Waals surface area contributed by atoms with Crippen LogP contribution < -0.4 is 31.1 Å². The second-order valence-corrected chi connectivity index (χ2v) is 8.71. The fourth-order valence-corrected chi connectivity index (χ4v) is 5.04. The predicted octanol–water partition coefficient (Wildman–Crippen LogP) is 1.55. The standard InChI is InChI=1S/C24H30FN5O3/c1-32-21-4-2-3-18(25)22(21)19-13-17-20(14-26-19)28-29-23(17)27-24(31)15-5-7-16(8-6-15)30-9-11-33-12-10-30/h2-8,17,19-20,23,26,28-29H,9-14H2,1H3,(H,27,31). The van der Waals surface area contributed by atoms with Crippen LogP contribution in [0, 0.1) is 11.7 Å². The van der Waals surface area contributed by atoms with Gasteiger partial charge in [-0.25, -0.2) is 9.82 Å². The summed E-state index contributed by atoms with van der Waals surface area (Å²) in [6.45, 7) is 3.81. The molecule has 2 aromatic carbocycles. The first-order chi connectivity index (χ1) is 16.1. The summed E-state index contributed by atoms with van der Waals surface area (Å²) in [5, 5.41) is 6.53. The summed E-state index contributed by atoms with van der Waals surface area (Å²) in [5.74, 6) is 0.204. The number of benzene rings is 2. The zero-order valence-electron chi connectivity index (χ0n) is 18.6. The number of carbonyl (C=O) groups is 1. The zero-order chi connectivity index (χ0) is 22.8. The second-order valence-electron chi connectivity index (χ2n) is 8.71. The number of amides is 1. The Hall–Kier alpha value is -2.72. The Kier molecular flexibility index (Phi) is 6.45. The van der Waals surface area contributed by atoms with E-state index in [9.17, 15) is 9.18 Å². The topological polar surface area (TPSA) is 86.9 Å². The van der Waals surface area contributed by atoms with Crippen LogP contribution in [0.2, 0.25) is 0 Å². The third-order valence-electron chi connectivity index (χ3n) is 6.83. The SMILES string of the molecule is COc1cccc(F)c1C1CC2C(CN1)NNC2NC(=O)c1ccc(N2CCOCC2)cc1. The number of piperidine rings is 1. The summed E-state index contributed by atoms with van der Waals surface area (Å²) in [5.41, 5.74) is 8.71. The molecule has 4 atom stereocenters. The quantitative estimate of drug-likeness (QED) is 0.544. The average molecular weight is 456 g/mol. The van der Waals surface area contributed by atoms with Crippen molar-refractivity contribution in [1.29, 1.82) is 0 Å². The first-order valence-corrected chi connectivity index (χ1v) is 11.4. The van der Waals surface area contributed by atoms with E-state index in [1.165, 1.54) is 6.07 Å². The van der Waals surface area contributed by atoms with E-state index in [2.05, 4.69) is 26.4 Å². The molecule has 2 aromatic rings. The molecule has 0 aromatic heterocycles. The lowest BCUT2D eigenvalue weighted by Crippen LogP contribution is -2.49. The van der Waals surface area contributed by atoms with Crippen molar-refractivity contribution in [2.75, 3.05) is 44.9 Å². The number of ether oxygens (including phenoxy) is 2. The number of methoxy groups -OCH3 is 1. The summed E-state index contributed by atoms with van der Waals surface area (Å²) in [6, 6.07) is 12.5. The van der Waals surface area contributed by atoms with Gasteiger partial charge in [-0.15, -0.1) is 0 Å². The molecular weight excluding hydrogens is 425 g/mol. The predicted molar refractivity (Wildman–Crippen MR) is 123 cm³/mol. The average Bonchev–Trinajstić information content (AvgIpc) is 3.26. The minimum atomic E-state index is -0.287. The first-order valence-electron chi connectivity index (χ1n) is 11.4. The number of hydrazine groups is 1. The van der Waals surface area contributed by atoms with Crippen molar-refractivity contribution in [3.05, 3.63) is 59.4 Å². The Morgan fingerprint density at radius 3 is 2.70 bits per heavy atom. The number of nitrogens with zero attached hydrogens (tertiary/aromatic N) is 1. The van der Waals surface area contributed by atoms with Crippen molar-refractivity contribution in [2.24, 2.45) is 5.92 Å². The molecule has 33 heavy (non-hydrogen) atoms. The second kappa shape index (κ2) is 9.64. The van der Waals surface area contributed by atoms with E-state index >= 15 is 0 Å². The third kappa shape index (κ3) is 4.54. The fraction of sp³-hybridized carbons (Fsp3) is 0.458. The fourth-order valence-electron chi connectivity index (χ4n) is 5.04. The number of hydrogen-bond acceptors (Lipinski definition) is 7. The lowest BCUT2D eigenvalue weighted by atomic mass is 9.84. The monoisotopic (exact) mass is 455 g/mol. The van der Waals surface area contributed by atoms with Gasteiger partial charge in [0.25, 0.3) is 5.91 Å². The summed E-state index contributed by atoms with van der Waals surface area (Å²) < 4.78 is 25.4. The van der Waals surface area contributed by atoms with Gasteiger partial charge in [0.15, 0.2) is 0 Å². The number of anilines is 1. The number of fused-ring (bicyclic) bond motifs is 1. The molecule has 0 spiro atoms. The molecule has 8 nitrogen and oxygen atoms in total. The number of carbonyl (C=O) groups excluding carboxylic acids is 1. The van der Waals surface area contributed by atoms with E-state index in [1.54, 1.807) is 19.2 Å². The van der Waals surface area contributed by atoms with Gasteiger partial charge in [-0.1, -0.05) is 6.07 Å². The van der Waals surface area contributed by atoms with E-state index < -0.39 is 0 Å². The highest BCUT2D eigenvalue weighted by molar-refractivity contribution is 5.94. The molecule has 3 heterocycles. The highest BCUT2D eigenvalue weighted by Gasteiger charge is 2.42. The van der Waals surface area contributed by atoms with Crippen LogP contribution in [0.4, 0.5) is 10.1 Å². The van der Waals surface area contributed by atoms with Gasteiger partial charge in [0.2, 0.25) is 0 Å². The van der Waals surface area contributed by atoms with Crippen molar-refractivity contribution >= 4 is 11.6 Å². The largest absolute Gasteiger partial charge is 0.496 e. The first kappa shape index (κ1) is 22.1. The number of hydrogen-bond donors (Lipinski definition) is 4. The molecule has 176 valence electrons. The van der Waals surface area contributed by atoms with Gasteiger partial charge in [-0.3, -0.25) is 10.2 Å². The van der Waals surface area contributed by atoms with E-state index in [0.717, 1.165) is 32.0 Å². The van der Waals surface area contributed by atoms with Crippen LogP contribution in [-0.4, -0.2) is 58.1 Å². The van der Waals surface area contributed by atoms with Crippen molar-refractivity contribution in [2.45, 2.75) is 24.7 Å². The molecule has 4 N–H and O–H groups in total. The number of rotatable bonds is 5. The van der Waals surface area contributed by atoms with Crippen LogP contribution in [0.3, 0.4) is 0 Å². The Morgan fingerprint density at radius 2 is 1.94 bits per heavy atom. The van der Waals surface area contributed by atoms with Gasteiger partial charge in [-0.2, -0.15) is 0 Å².